The minimum absolute atomic E-state index is 0.161. The Bertz CT molecular complexity index is 925. The summed E-state index contributed by atoms with van der Waals surface area (Å²) >= 11 is 0. The second-order valence-corrected chi connectivity index (χ2v) is 9.15. The van der Waals surface area contributed by atoms with Gasteiger partial charge in [0.25, 0.3) is 5.91 Å². The number of hydrogen-bond donors (Lipinski definition) is 1. The molecule has 148 valence electrons. The fourth-order valence-electron chi connectivity index (χ4n) is 4.06. The first kappa shape index (κ1) is 18.9. The molecular formula is C23H28N2O3. The van der Waals surface area contributed by atoms with Gasteiger partial charge in [0.1, 0.15) is 0 Å². The van der Waals surface area contributed by atoms with Crippen molar-refractivity contribution in [3.8, 4) is 0 Å². The number of nitrogens with one attached hydrogen (secondary N) is 1. The monoisotopic (exact) mass is 380 g/mol. The number of hydrogen-bond acceptors (Lipinski definition) is 4. The van der Waals surface area contributed by atoms with E-state index in [1.165, 1.54) is 0 Å². The van der Waals surface area contributed by atoms with E-state index < -0.39 is 5.97 Å². The second kappa shape index (κ2) is 7.19. The van der Waals surface area contributed by atoms with E-state index in [0.717, 1.165) is 54.3 Å². The Morgan fingerprint density at radius 3 is 2.64 bits per heavy atom. The zero-order valence-corrected chi connectivity index (χ0v) is 16.9. The molecule has 1 aromatic carbocycles. The van der Waals surface area contributed by atoms with Crippen LogP contribution in [-0.2, 0) is 22.4 Å². The van der Waals surface area contributed by atoms with Crippen molar-refractivity contribution in [1.82, 2.24) is 10.3 Å². The third-order valence-electron chi connectivity index (χ3n) is 5.96. The maximum absolute atomic E-state index is 13.1. The SMILES string of the molecule is CC(C)(C)[C@H]1CCc2nc3ccccc3c(C(=O)OCC(=O)NC3CC3)c2C1. The van der Waals surface area contributed by atoms with Crippen LogP contribution in [0.15, 0.2) is 24.3 Å². The summed E-state index contributed by atoms with van der Waals surface area (Å²) < 4.78 is 5.43. The van der Waals surface area contributed by atoms with Crippen molar-refractivity contribution in [3.63, 3.8) is 0 Å². The van der Waals surface area contributed by atoms with Crippen LogP contribution in [0.1, 0.15) is 61.6 Å². The van der Waals surface area contributed by atoms with Crippen LogP contribution in [0.2, 0.25) is 0 Å². The van der Waals surface area contributed by atoms with Gasteiger partial charge in [-0.15, -0.1) is 0 Å². The molecule has 4 rings (SSSR count). The molecule has 2 aliphatic carbocycles. The number of ether oxygens (including phenoxy) is 1. The quantitative estimate of drug-likeness (QED) is 0.819. The molecule has 1 fully saturated rings. The topological polar surface area (TPSA) is 68.3 Å². The lowest BCUT2D eigenvalue weighted by Crippen LogP contribution is -2.31. The number of aryl methyl sites for hydroxylation is 1. The first-order valence-corrected chi connectivity index (χ1v) is 10.2. The molecule has 0 bridgehead atoms. The molecule has 2 aromatic rings. The van der Waals surface area contributed by atoms with Gasteiger partial charge in [-0.2, -0.15) is 0 Å². The van der Waals surface area contributed by atoms with E-state index >= 15 is 0 Å². The van der Waals surface area contributed by atoms with E-state index in [1.54, 1.807) is 0 Å². The molecule has 5 nitrogen and oxygen atoms in total. The molecule has 1 saturated carbocycles. The van der Waals surface area contributed by atoms with Gasteiger partial charge in [-0.3, -0.25) is 9.78 Å². The van der Waals surface area contributed by atoms with Crippen molar-refractivity contribution < 1.29 is 14.3 Å². The first-order chi connectivity index (χ1) is 13.3. The van der Waals surface area contributed by atoms with E-state index in [-0.39, 0.29) is 24.0 Å². The maximum Gasteiger partial charge on any atom is 0.339 e. The number of rotatable bonds is 4. The maximum atomic E-state index is 13.1. The van der Waals surface area contributed by atoms with E-state index in [2.05, 4.69) is 26.1 Å². The van der Waals surface area contributed by atoms with Crippen LogP contribution in [0, 0.1) is 11.3 Å². The van der Waals surface area contributed by atoms with Crippen LogP contribution in [-0.4, -0.2) is 29.5 Å². The fourth-order valence-corrected chi connectivity index (χ4v) is 4.06. The summed E-state index contributed by atoms with van der Waals surface area (Å²) in [7, 11) is 0. The smallest absolute Gasteiger partial charge is 0.339 e. The van der Waals surface area contributed by atoms with Crippen molar-refractivity contribution in [2.24, 2.45) is 11.3 Å². The second-order valence-electron chi connectivity index (χ2n) is 9.15. The summed E-state index contributed by atoms with van der Waals surface area (Å²) in [6, 6.07) is 7.96. The van der Waals surface area contributed by atoms with Gasteiger partial charge in [0.15, 0.2) is 6.61 Å². The lowest BCUT2D eigenvalue weighted by Gasteiger charge is -2.35. The average Bonchev–Trinajstić information content (AvgIpc) is 3.47. The van der Waals surface area contributed by atoms with E-state index in [4.69, 9.17) is 9.72 Å². The van der Waals surface area contributed by atoms with Crippen LogP contribution in [0.25, 0.3) is 10.9 Å². The van der Waals surface area contributed by atoms with Gasteiger partial charge in [0, 0.05) is 17.1 Å². The molecule has 1 aromatic heterocycles. The molecule has 0 unspecified atom stereocenters. The van der Waals surface area contributed by atoms with Gasteiger partial charge in [-0.05, 0) is 55.1 Å². The molecule has 2 aliphatic rings. The number of amides is 1. The number of para-hydroxylation sites is 1. The highest BCUT2D eigenvalue weighted by Gasteiger charge is 2.33. The number of pyridine rings is 1. The van der Waals surface area contributed by atoms with E-state index in [9.17, 15) is 9.59 Å². The van der Waals surface area contributed by atoms with E-state index in [0.29, 0.717) is 11.5 Å². The van der Waals surface area contributed by atoms with Crippen molar-refractivity contribution in [2.45, 2.75) is 58.9 Å². The number of esters is 1. The molecule has 0 spiro atoms. The number of nitrogens with zero attached hydrogens (tertiary/aromatic N) is 1. The average molecular weight is 380 g/mol. The summed E-state index contributed by atoms with van der Waals surface area (Å²) in [4.78, 5) is 29.9. The highest BCUT2D eigenvalue weighted by atomic mass is 16.5. The summed E-state index contributed by atoms with van der Waals surface area (Å²) in [5.41, 5.74) is 3.55. The predicted molar refractivity (Wildman–Crippen MR) is 108 cm³/mol. The molecule has 1 atom stereocenters. The zero-order chi connectivity index (χ0) is 19.9. The first-order valence-electron chi connectivity index (χ1n) is 10.2. The van der Waals surface area contributed by atoms with Crippen LogP contribution in [0.3, 0.4) is 0 Å². The van der Waals surface area contributed by atoms with Crippen LogP contribution < -0.4 is 5.32 Å². The number of benzene rings is 1. The molecule has 1 N–H and O–H groups in total. The van der Waals surface area contributed by atoms with Crippen LogP contribution in [0.4, 0.5) is 0 Å². The van der Waals surface area contributed by atoms with Crippen LogP contribution >= 0.6 is 0 Å². The molecule has 0 radical (unpaired) electrons. The predicted octanol–water partition coefficient (Wildman–Crippen LogP) is 3.82. The van der Waals surface area contributed by atoms with Gasteiger partial charge in [0.2, 0.25) is 0 Å². The Morgan fingerprint density at radius 2 is 1.93 bits per heavy atom. The third-order valence-corrected chi connectivity index (χ3v) is 5.96. The highest BCUT2D eigenvalue weighted by Crippen LogP contribution is 2.39. The van der Waals surface area contributed by atoms with Crippen molar-refractivity contribution in [3.05, 3.63) is 41.1 Å². The number of fused-ring (bicyclic) bond motifs is 2. The molecule has 28 heavy (non-hydrogen) atoms. The summed E-state index contributed by atoms with van der Waals surface area (Å²) in [5, 5.41) is 3.67. The van der Waals surface area contributed by atoms with Gasteiger partial charge in [-0.1, -0.05) is 39.0 Å². The van der Waals surface area contributed by atoms with Crippen molar-refractivity contribution in [1.29, 1.82) is 0 Å². The number of carbonyl (C=O) groups is 2. The summed E-state index contributed by atoms with van der Waals surface area (Å²) in [6.07, 6.45) is 4.77. The molecule has 5 heteroatoms. The van der Waals surface area contributed by atoms with Gasteiger partial charge >= 0.3 is 5.97 Å². The van der Waals surface area contributed by atoms with Crippen LogP contribution in [0.5, 0.6) is 0 Å². The highest BCUT2D eigenvalue weighted by molar-refractivity contribution is 6.05. The molecule has 1 heterocycles. The Hall–Kier alpha value is -2.43. The van der Waals surface area contributed by atoms with Gasteiger partial charge in [0.05, 0.1) is 11.1 Å². The standard InChI is InChI=1S/C23H28N2O3/c1-23(2,3)14-8-11-19-17(12-14)21(16-6-4-5-7-18(16)25-19)22(27)28-13-20(26)24-15-9-10-15/h4-7,14-15H,8-13H2,1-3H3,(H,24,26)/t14-/m0/s1. The fraction of sp³-hybridized carbons (Fsp3) is 0.522. The van der Waals surface area contributed by atoms with Crippen molar-refractivity contribution >= 4 is 22.8 Å². The third kappa shape index (κ3) is 3.89. The molecule has 0 aliphatic heterocycles. The minimum atomic E-state index is -0.421. The molecular weight excluding hydrogens is 352 g/mol. The van der Waals surface area contributed by atoms with Gasteiger partial charge in [-0.25, -0.2) is 4.79 Å². The van der Waals surface area contributed by atoms with Gasteiger partial charge < -0.3 is 10.1 Å². The molecule has 1 amide bonds. The minimum Gasteiger partial charge on any atom is -0.452 e. The van der Waals surface area contributed by atoms with Crippen molar-refractivity contribution in [2.75, 3.05) is 6.61 Å². The number of carbonyl (C=O) groups excluding carboxylic acids is 2. The summed E-state index contributed by atoms with van der Waals surface area (Å²) in [5.74, 6) is -0.168. The summed E-state index contributed by atoms with van der Waals surface area (Å²) in [6.45, 7) is 6.51. The Labute approximate surface area is 165 Å². The Kier molecular flexibility index (Phi) is 4.86. The Balaban J connectivity index is 1.66. The lowest BCUT2D eigenvalue weighted by molar-refractivity contribution is -0.124. The number of aromatic nitrogens is 1. The lowest BCUT2D eigenvalue weighted by atomic mass is 9.70. The largest absolute Gasteiger partial charge is 0.452 e. The molecule has 0 saturated heterocycles. The zero-order valence-electron chi connectivity index (χ0n) is 16.9. The normalized spacial score (nSPS) is 19.2. The Morgan fingerprint density at radius 1 is 1.18 bits per heavy atom. The van der Waals surface area contributed by atoms with E-state index in [1.807, 2.05) is 24.3 Å².